The largest absolute Gasteiger partial charge is 0.467 e. The summed E-state index contributed by atoms with van der Waals surface area (Å²) in [7, 11) is 1.25. The number of piperazine rings is 1. The number of thiol groups is 1. The Morgan fingerprint density at radius 2 is 2.21 bits per heavy atom. The van der Waals surface area contributed by atoms with Gasteiger partial charge in [0.05, 0.1) is 16.9 Å². The van der Waals surface area contributed by atoms with E-state index in [0.717, 1.165) is 0 Å². The maximum atomic E-state index is 12.7. The van der Waals surface area contributed by atoms with E-state index in [1.54, 1.807) is 0 Å². The maximum absolute atomic E-state index is 12.7. The lowest BCUT2D eigenvalue weighted by atomic mass is 10.0. The summed E-state index contributed by atoms with van der Waals surface area (Å²) in [6.45, 7) is 4.86. The predicted octanol–water partition coefficient (Wildman–Crippen LogP) is 0.870. The maximum Gasteiger partial charge on any atom is 0.329 e. The summed E-state index contributed by atoms with van der Waals surface area (Å²) >= 11 is 4.02. The summed E-state index contributed by atoms with van der Waals surface area (Å²) in [4.78, 5) is 36.5. The van der Waals surface area contributed by atoms with Crippen LogP contribution >= 0.6 is 12.6 Å². The van der Waals surface area contributed by atoms with Crippen molar-refractivity contribution in [3.63, 3.8) is 0 Å². The summed E-state index contributed by atoms with van der Waals surface area (Å²) in [6, 6.07) is 3.46. The van der Waals surface area contributed by atoms with Gasteiger partial charge in [0.25, 0.3) is 11.6 Å². The van der Waals surface area contributed by atoms with Crippen molar-refractivity contribution in [3.05, 3.63) is 40.5 Å². The van der Waals surface area contributed by atoms with E-state index in [4.69, 9.17) is 4.74 Å². The van der Waals surface area contributed by atoms with Crippen molar-refractivity contribution in [2.24, 2.45) is 0 Å². The zero-order chi connectivity index (χ0) is 17.9. The molecule has 128 valence electrons. The smallest absolute Gasteiger partial charge is 0.329 e. The molecule has 1 fully saturated rings. The molecular weight excluding hydrogens is 334 g/mol. The first-order valence-corrected chi connectivity index (χ1v) is 7.57. The Bertz CT molecular complexity index is 706. The molecule has 2 rings (SSSR count). The molecular formula is C15H17N3O5S. The minimum absolute atomic E-state index is 0.0715. The molecule has 0 aromatic heterocycles. The van der Waals surface area contributed by atoms with Crippen LogP contribution in [0, 0.1) is 10.1 Å². The molecule has 0 radical (unpaired) electrons. The molecule has 0 saturated carbocycles. The van der Waals surface area contributed by atoms with Gasteiger partial charge in [-0.15, -0.1) is 12.6 Å². The third-order valence-corrected chi connectivity index (χ3v) is 4.13. The SMILES string of the molecule is C=C(C(=O)N1CCNCC1C(=O)OC)c1ccc(S)c([N+](=O)[O-])c1. The number of nitrogens with one attached hydrogen (secondary N) is 1. The van der Waals surface area contributed by atoms with Crippen molar-refractivity contribution in [2.45, 2.75) is 10.9 Å². The number of rotatable bonds is 4. The monoisotopic (exact) mass is 351 g/mol. The fourth-order valence-electron chi connectivity index (χ4n) is 2.45. The number of methoxy groups -OCH3 is 1. The van der Waals surface area contributed by atoms with E-state index >= 15 is 0 Å². The summed E-state index contributed by atoms with van der Waals surface area (Å²) in [6.07, 6.45) is 0. The van der Waals surface area contributed by atoms with Crippen molar-refractivity contribution >= 4 is 35.8 Å². The molecule has 1 atom stereocenters. The molecule has 1 N–H and O–H groups in total. The van der Waals surface area contributed by atoms with E-state index < -0.39 is 22.8 Å². The Hall–Kier alpha value is -2.39. The normalized spacial score (nSPS) is 17.2. The van der Waals surface area contributed by atoms with E-state index in [0.29, 0.717) is 18.7 Å². The lowest BCUT2D eigenvalue weighted by Gasteiger charge is -2.34. The third kappa shape index (κ3) is 3.57. The topological polar surface area (TPSA) is 102 Å². The minimum Gasteiger partial charge on any atom is -0.467 e. The molecule has 9 heteroatoms. The molecule has 1 aliphatic rings. The number of benzene rings is 1. The summed E-state index contributed by atoms with van der Waals surface area (Å²) < 4.78 is 4.72. The van der Waals surface area contributed by atoms with Gasteiger partial charge in [0.15, 0.2) is 0 Å². The molecule has 1 saturated heterocycles. The molecule has 1 unspecified atom stereocenters. The summed E-state index contributed by atoms with van der Waals surface area (Å²) in [5.74, 6) is -0.992. The highest BCUT2D eigenvalue weighted by Crippen LogP contribution is 2.27. The number of hydrogen-bond donors (Lipinski definition) is 2. The number of amides is 1. The third-order valence-electron chi connectivity index (χ3n) is 3.76. The quantitative estimate of drug-likeness (QED) is 0.274. The van der Waals surface area contributed by atoms with E-state index in [1.165, 1.54) is 30.2 Å². The van der Waals surface area contributed by atoms with Gasteiger partial charge in [-0.1, -0.05) is 12.6 Å². The number of ether oxygens (including phenoxy) is 1. The van der Waals surface area contributed by atoms with Crippen LogP contribution in [0.4, 0.5) is 5.69 Å². The van der Waals surface area contributed by atoms with Gasteiger partial charge in [-0.3, -0.25) is 14.9 Å². The molecule has 8 nitrogen and oxygen atoms in total. The van der Waals surface area contributed by atoms with Crippen LogP contribution in [0.15, 0.2) is 29.7 Å². The number of nitro groups is 1. The van der Waals surface area contributed by atoms with Gasteiger partial charge in [-0.25, -0.2) is 4.79 Å². The van der Waals surface area contributed by atoms with Crippen LogP contribution in [0.25, 0.3) is 5.57 Å². The van der Waals surface area contributed by atoms with Crippen LogP contribution in [-0.4, -0.2) is 54.5 Å². The first kappa shape index (κ1) is 18.0. The van der Waals surface area contributed by atoms with E-state index in [2.05, 4.69) is 24.5 Å². The van der Waals surface area contributed by atoms with E-state index in [-0.39, 0.29) is 22.7 Å². The predicted molar refractivity (Wildman–Crippen MR) is 89.8 cm³/mol. The van der Waals surface area contributed by atoms with Gasteiger partial charge in [0.1, 0.15) is 6.04 Å². The van der Waals surface area contributed by atoms with Crippen molar-refractivity contribution < 1.29 is 19.2 Å². The molecule has 1 amide bonds. The van der Waals surface area contributed by atoms with Gasteiger partial charge < -0.3 is 15.0 Å². The lowest BCUT2D eigenvalue weighted by molar-refractivity contribution is -0.387. The molecule has 24 heavy (non-hydrogen) atoms. The molecule has 1 aliphatic heterocycles. The molecule has 1 heterocycles. The van der Waals surface area contributed by atoms with E-state index in [1.807, 2.05) is 0 Å². The second kappa shape index (κ2) is 7.45. The zero-order valence-corrected chi connectivity index (χ0v) is 13.9. The van der Waals surface area contributed by atoms with E-state index in [9.17, 15) is 19.7 Å². The average molecular weight is 351 g/mol. The Kier molecular flexibility index (Phi) is 5.58. The van der Waals surface area contributed by atoms with Gasteiger partial charge in [-0.05, 0) is 11.6 Å². The molecule has 1 aromatic rings. The van der Waals surface area contributed by atoms with Crippen molar-refractivity contribution in [3.8, 4) is 0 Å². The van der Waals surface area contributed by atoms with Crippen molar-refractivity contribution in [1.29, 1.82) is 0 Å². The molecule has 0 aliphatic carbocycles. The Morgan fingerprint density at radius 1 is 1.50 bits per heavy atom. The van der Waals surface area contributed by atoms with Crippen LogP contribution in [0.1, 0.15) is 5.56 Å². The second-order valence-electron chi connectivity index (χ2n) is 5.18. The first-order chi connectivity index (χ1) is 11.4. The number of carbonyl (C=O) groups is 2. The molecule has 1 aromatic carbocycles. The van der Waals surface area contributed by atoms with Crippen molar-refractivity contribution in [2.75, 3.05) is 26.7 Å². The highest BCUT2D eigenvalue weighted by atomic mass is 32.1. The van der Waals surface area contributed by atoms with Crippen LogP contribution in [0.3, 0.4) is 0 Å². The first-order valence-electron chi connectivity index (χ1n) is 7.13. The Labute approximate surface area is 144 Å². The number of nitrogens with zero attached hydrogens (tertiary/aromatic N) is 2. The standard InChI is InChI=1S/C15H17N3O5S/c1-9(10-3-4-13(24)11(7-10)18(21)22)14(19)17-6-5-16-8-12(17)15(20)23-2/h3-4,7,12,16,24H,1,5-6,8H2,2H3. The highest BCUT2D eigenvalue weighted by Gasteiger charge is 2.34. The molecule has 0 spiro atoms. The van der Waals surface area contributed by atoms with Crippen LogP contribution in [0.2, 0.25) is 0 Å². The lowest BCUT2D eigenvalue weighted by Crippen LogP contribution is -2.57. The molecule has 0 bridgehead atoms. The minimum atomic E-state index is -0.757. The number of nitro benzene ring substituents is 1. The van der Waals surface area contributed by atoms with Gasteiger partial charge in [0, 0.05) is 31.3 Å². The van der Waals surface area contributed by atoms with Crippen LogP contribution in [0.5, 0.6) is 0 Å². The van der Waals surface area contributed by atoms with Crippen molar-refractivity contribution in [1.82, 2.24) is 10.2 Å². The van der Waals surface area contributed by atoms with Crippen LogP contribution < -0.4 is 5.32 Å². The summed E-state index contributed by atoms with van der Waals surface area (Å²) in [5, 5.41) is 14.0. The van der Waals surface area contributed by atoms with Gasteiger partial charge >= 0.3 is 5.97 Å². The van der Waals surface area contributed by atoms with Crippen LogP contribution in [-0.2, 0) is 14.3 Å². The fourth-order valence-corrected chi connectivity index (χ4v) is 2.67. The number of esters is 1. The number of hydrogen-bond acceptors (Lipinski definition) is 7. The summed E-state index contributed by atoms with van der Waals surface area (Å²) in [5.41, 5.74) is 0.170. The Balaban J connectivity index is 2.28. The average Bonchev–Trinajstić information content (AvgIpc) is 2.60. The highest BCUT2D eigenvalue weighted by molar-refractivity contribution is 7.80. The van der Waals surface area contributed by atoms with Gasteiger partial charge in [0.2, 0.25) is 0 Å². The fraction of sp³-hybridized carbons (Fsp3) is 0.333. The van der Waals surface area contributed by atoms with Gasteiger partial charge in [-0.2, -0.15) is 0 Å². The second-order valence-corrected chi connectivity index (χ2v) is 5.66. The number of carbonyl (C=O) groups excluding carboxylic acids is 2. The zero-order valence-electron chi connectivity index (χ0n) is 13.0. The Morgan fingerprint density at radius 3 is 2.83 bits per heavy atom.